The number of nitrogens with one attached hydrogen (secondary N) is 1. The third-order valence-corrected chi connectivity index (χ3v) is 3.35. The molecule has 0 saturated heterocycles. The van der Waals surface area contributed by atoms with E-state index in [2.05, 4.69) is 5.32 Å². The minimum Gasteiger partial charge on any atom is -0.457 e. The first-order valence-corrected chi connectivity index (χ1v) is 7.19. The molecule has 2 aromatic rings. The molecule has 0 heterocycles. The van der Waals surface area contributed by atoms with Gasteiger partial charge in [0.25, 0.3) is 0 Å². The third kappa shape index (κ3) is 3.98. The van der Waals surface area contributed by atoms with Crippen molar-refractivity contribution in [1.82, 2.24) is 5.32 Å². The van der Waals surface area contributed by atoms with Gasteiger partial charge in [-0.2, -0.15) is 0 Å². The maximum absolute atomic E-state index is 13.5. The standard InChI is InChI=1S/C15H16FNOS/c1-17-10-11-7-12(16)9-14(8-11)18-13-3-5-15(19-2)6-4-13/h3-9,17H,10H2,1-2H3. The topological polar surface area (TPSA) is 21.3 Å². The number of hydrogen-bond donors (Lipinski definition) is 1. The van der Waals surface area contributed by atoms with Crippen LogP contribution in [0.5, 0.6) is 11.5 Å². The van der Waals surface area contributed by atoms with Gasteiger partial charge < -0.3 is 10.1 Å². The zero-order chi connectivity index (χ0) is 13.7. The van der Waals surface area contributed by atoms with Crippen LogP contribution in [-0.4, -0.2) is 13.3 Å². The molecule has 0 spiro atoms. The summed E-state index contributed by atoms with van der Waals surface area (Å²) in [4.78, 5) is 1.17. The van der Waals surface area contributed by atoms with Crippen LogP contribution in [0.4, 0.5) is 4.39 Å². The van der Waals surface area contributed by atoms with Gasteiger partial charge in [0.1, 0.15) is 17.3 Å². The van der Waals surface area contributed by atoms with E-state index >= 15 is 0 Å². The van der Waals surface area contributed by atoms with E-state index in [9.17, 15) is 4.39 Å². The molecular formula is C15H16FNOS. The van der Waals surface area contributed by atoms with Crippen molar-refractivity contribution < 1.29 is 9.13 Å². The Morgan fingerprint density at radius 3 is 2.47 bits per heavy atom. The summed E-state index contributed by atoms with van der Waals surface area (Å²) in [6, 6.07) is 12.5. The van der Waals surface area contributed by atoms with E-state index in [4.69, 9.17) is 4.74 Å². The van der Waals surface area contributed by atoms with E-state index in [1.165, 1.54) is 17.0 Å². The van der Waals surface area contributed by atoms with Gasteiger partial charge >= 0.3 is 0 Å². The first kappa shape index (κ1) is 13.9. The summed E-state index contributed by atoms with van der Waals surface area (Å²) in [5.74, 6) is 0.935. The van der Waals surface area contributed by atoms with Crippen LogP contribution in [0.15, 0.2) is 47.4 Å². The quantitative estimate of drug-likeness (QED) is 0.833. The van der Waals surface area contributed by atoms with Crippen LogP contribution in [0, 0.1) is 5.82 Å². The molecule has 0 aliphatic carbocycles. The van der Waals surface area contributed by atoms with Crippen LogP contribution in [0.1, 0.15) is 5.56 Å². The van der Waals surface area contributed by atoms with E-state index < -0.39 is 0 Å². The van der Waals surface area contributed by atoms with Crippen molar-refractivity contribution >= 4 is 11.8 Å². The summed E-state index contributed by atoms with van der Waals surface area (Å²) < 4.78 is 19.1. The Labute approximate surface area is 117 Å². The Balaban J connectivity index is 2.17. The van der Waals surface area contributed by atoms with Crippen molar-refractivity contribution in [3.63, 3.8) is 0 Å². The van der Waals surface area contributed by atoms with Crippen molar-refractivity contribution in [1.29, 1.82) is 0 Å². The second-order valence-electron chi connectivity index (χ2n) is 4.10. The maximum Gasteiger partial charge on any atom is 0.130 e. The average molecular weight is 277 g/mol. The van der Waals surface area contributed by atoms with E-state index in [0.717, 1.165) is 5.56 Å². The zero-order valence-electron chi connectivity index (χ0n) is 10.9. The largest absolute Gasteiger partial charge is 0.457 e. The lowest BCUT2D eigenvalue weighted by Crippen LogP contribution is -2.05. The molecule has 1 N–H and O–H groups in total. The van der Waals surface area contributed by atoms with E-state index in [1.807, 2.05) is 43.6 Å². The molecule has 2 aromatic carbocycles. The molecule has 0 unspecified atom stereocenters. The summed E-state index contributed by atoms with van der Waals surface area (Å²) in [7, 11) is 1.83. The van der Waals surface area contributed by atoms with E-state index in [1.54, 1.807) is 11.8 Å². The molecular weight excluding hydrogens is 261 g/mol. The normalized spacial score (nSPS) is 10.5. The molecule has 4 heteroatoms. The van der Waals surface area contributed by atoms with E-state index in [-0.39, 0.29) is 5.82 Å². The number of halogens is 1. The average Bonchev–Trinajstić information content (AvgIpc) is 2.39. The molecule has 0 amide bonds. The Hall–Kier alpha value is -1.52. The molecule has 2 rings (SSSR count). The lowest BCUT2D eigenvalue weighted by Gasteiger charge is -2.08. The van der Waals surface area contributed by atoms with Crippen LogP contribution in [-0.2, 0) is 6.54 Å². The van der Waals surface area contributed by atoms with Crippen molar-refractivity contribution in [2.45, 2.75) is 11.4 Å². The van der Waals surface area contributed by atoms with E-state index in [0.29, 0.717) is 18.0 Å². The summed E-state index contributed by atoms with van der Waals surface area (Å²) in [6.45, 7) is 0.611. The summed E-state index contributed by atoms with van der Waals surface area (Å²) in [5.41, 5.74) is 0.859. The predicted octanol–water partition coefficient (Wildman–Crippen LogP) is 4.06. The Morgan fingerprint density at radius 1 is 1.11 bits per heavy atom. The summed E-state index contributed by atoms with van der Waals surface area (Å²) >= 11 is 1.67. The van der Waals surface area contributed by atoms with Gasteiger partial charge in [0, 0.05) is 17.5 Å². The lowest BCUT2D eigenvalue weighted by molar-refractivity contribution is 0.475. The van der Waals surface area contributed by atoms with Crippen LogP contribution in [0.25, 0.3) is 0 Å². The fourth-order valence-electron chi connectivity index (χ4n) is 1.77. The number of hydrogen-bond acceptors (Lipinski definition) is 3. The van der Waals surface area contributed by atoms with Crippen molar-refractivity contribution in [2.75, 3.05) is 13.3 Å². The first-order valence-electron chi connectivity index (χ1n) is 5.97. The third-order valence-electron chi connectivity index (χ3n) is 2.61. The van der Waals surface area contributed by atoms with Gasteiger partial charge in [0.05, 0.1) is 0 Å². The summed E-state index contributed by atoms with van der Waals surface area (Å²) in [6.07, 6.45) is 2.02. The number of ether oxygens (including phenoxy) is 1. The van der Waals surface area contributed by atoms with Crippen LogP contribution in [0.3, 0.4) is 0 Å². The minimum absolute atomic E-state index is 0.288. The molecule has 0 radical (unpaired) electrons. The fraction of sp³-hybridized carbons (Fsp3) is 0.200. The second kappa shape index (κ2) is 6.59. The van der Waals surface area contributed by atoms with Gasteiger partial charge in [-0.25, -0.2) is 4.39 Å². The number of thioether (sulfide) groups is 1. The smallest absolute Gasteiger partial charge is 0.130 e. The van der Waals surface area contributed by atoms with Crippen LogP contribution >= 0.6 is 11.8 Å². The highest BCUT2D eigenvalue weighted by atomic mass is 32.2. The highest BCUT2D eigenvalue weighted by Crippen LogP contribution is 2.25. The van der Waals surface area contributed by atoms with Gasteiger partial charge in [-0.05, 0) is 55.3 Å². The molecule has 0 bridgehead atoms. The predicted molar refractivity (Wildman–Crippen MR) is 77.5 cm³/mol. The van der Waals surface area contributed by atoms with Gasteiger partial charge in [-0.1, -0.05) is 0 Å². The number of rotatable bonds is 5. The van der Waals surface area contributed by atoms with Gasteiger partial charge in [-0.3, -0.25) is 0 Å². The molecule has 0 aliphatic rings. The van der Waals surface area contributed by atoms with Crippen molar-refractivity contribution in [3.05, 3.63) is 53.8 Å². The highest BCUT2D eigenvalue weighted by Gasteiger charge is 2.03. The maximum atomic E-state index is 13.5. The Kier molecular flexibility index (Phi) is 4.82. The van der Waals surface area contributed by atoms with Gasteiger partial charge in [0.2, 0.25) is 0 Å². The monoisotopic (exact) mass is 277 g/mol. The molecule has 2 nitrogen and oxygen atoms in total. The minimum atomic E-state index is -0.288. The second-order valence-corrected chi connectivity index (χ2v) is 4.98. The molecule has 0 aromatic heterocycles. The molecule has 0 saturated carbocycles. The molecule has 100 valence electrons. The van der Waals surface area contributed by atoms with Crippen molar-refractivity contribution in [2.24, 2.45) is 0 Å². The Morgan fingerprint density at radius 2 is 1.84 bits per heavy atom. The lowest BCUT2D eigenvalue weighted by atomic mass is 10.2. The van der Waals surface area contributed by atoms with Crippen LogP contribution < -0.4 is 10.1 Å². The number of benzene rings is 2. The molecule has 0 fully saturated rings. The van der Waals surface area contributed by atoms with Crippen LogP contribution in [0.2, 0.25) is 0 Å². The SMILES string of the molecule is CNCc1cc(F)cc(Oc2ccc(SC)cc2)c1. The Bertz CT molecular complexity index is 542. The molecule has 19 heavy (non-hydrogen) atoms. The first-order chi connectivity index (χ1) is 9.21. The van der Waals surface area contributed by atoms with Gasteiger partial charge in [-0.15, -0.1) is 11.8 Å². The molecule has 0 aliphatic heterocycles. The van der Waals surface area contributed by atoms with Crippen molar-refractivity contribution in [3.8, 4) is 11.5 Å². The molecule has 0 atom stereocenters. The zero-order valence-corrected chi connectivity index (χ0v) is 11.8. The fourth-order valence-corrected chi connectivity index (χ4v) is 2.17. The highest BCUT2D eigenvalue weighted by molar-refractivity contribution is 7.98. The van der Waals surface area contributed by atoms with Gasteiger partial charge in [0.15, 0.2) is 0 Å². The summed E-state index contributed by atoms with van der Waals surface area (Å²) in [5, 5.41) is 2.99.